The van der Waals surface area contributed by atoms with Crippen LogP contribution in [0.3, 0.4) is 0 Å². The number of ether oxygens (including phenoxy) is 1. The number of rotatable bonds is 7. The van der Waals surface area contributed by atoms with Gasteiger partial charge in [-0.2, -0.15) is 0 Å². The minimum absolute atomic E-state index is 0.218. The van der Waals surface area contributed by atoms with Crippen LogP contribution in [0, 0.1) is 0 Å². The van der Waals surface area contributed by atoms with E-state index in [1.54, 1.807) is 13.8 Å². The van der Waals surface area contributed by atoms with Crippen LogP contribution in [0.1, 0.15) is 39.5 Å². The zero-order valence-electron chi connectivity index (χ0n) is 9.03. The highest BCUT2D eigenvalue weighted by Crippen LogP contribution is 2.03. The van der Waals surface area contributed by atoms with E-state index in [0.717, 1.165) is 25.7 Å². The van der Waals surface area contributed by atoms with Gasteiger partial charge in [0.15, 0.2) is 0 Å². The highest BCUT2D eigenvalue weighted by atomic mass is 16.5. The Morgan fingerprint density at radius 1 is 1.50 bits per heavy atom. The fraction of sp³-hybridized carbons (Fsp3) is 0.727. The molecule has 0 aromatic rings. The summed E-state index contributed by atoms with van der Waals surface area (Å²) < 4.78 is 4.72. The predicted octanol–water partition coefficient (Wildman–Crippen LogP) is 2.05. The average Bonchev–Trinajstić information content (AvgIpc) is 2.11. The number of carbonyl (C=O) groups excluding carboxylic acids is 1. The van der Waals surface area contributed by atoms with Crippen LogP contribution in [-0.4, -0.2) is 23.8 Å². The van der Waals surface area contributed by atoms with Gasteiger partial charge in [0, 0.05) is 6.08 Å². The zero-order chi connectivity index (χ0) is 10.8. The molecule has 0 saturated heterocycles. The van der Waals surface area contributed by atoms with Gasteiger partial charge >= 0.3 is 5.97 Å². The molecule has 0 saturated carbocycles. The number of allylic oxidation sites excluding steroid dienone is 1. The van der Waals surface area contributed by atoms with Crippen molar-refractivity contribution in [2.24, 2.45) is 0 Å². The smallest absolute Gasteiger partial charge is 0.330 e. The lowest BCUT2D eigenvalue weighted by Gasteiger charge is -2.01. The standard InChI is InChI=1S/C11H20O3/c1-3-14-11(13)9-7-5-4-6-8-10(2)12/h7,9-10,12H,3-6,8H2,1-2H3/b9-7+/t10-/m1/s1. The summed E-state index contributed by atoms with van der Waals surface area (Å²) in [7, 11) is 0. The third-order valence-corrected chi connectivity index (χ3v) is 1.78. The molecular weight excluding hydrogens is 180 g/mol. The van der Waals surface area contributed by atoms with Crippen molar-refractivity contribution >= 4 is 5.97 Å². The lowest BCUT2D eigenvalue weighted by atomic mass is 10.1. The van der Waals surface area contributed by atoms with Crippen molar-refractivity contribution in [1.82, 2.24) is 0 Å². The maximum atomic E-state index is 10.8. The van der Waals surface area contributed by atoms with Gasteiger partial charge in [-0.25, -0.2) is 4.79 Å². The first-order valence-corrected chi connectivity index (χ1v) is 5.18. The van der Waals surface area contributed by atoms with E-state index in [1.807, 2.05) is 6.08 Å². The minimum atomic E-state index is -0.275. The molecule has 0 spiro atoms. The quantitative estimate of drug-likeness (QED) is 0.388. The summed E-state index contributed by atoms with van der Waals surface area (Å²) in [5.41, 5.74) is 0. The second-order valence-electron chi connectivity index (χ2n) is 3.29. The van der Waals surface area contributed by atoms with Gasteiger partial charge < -0.3 is 9.84 Å². The summed E-state index contributed by atoms with van der Waals surface area (Å²) in [6.07, 6.45) is 6.75. The van der Waals surface area contributed by atoms with E-state index in [9.17, 15) is 4.79 Å². The SMILES string of the molecule is CCOC(=O)/C=C/CCCC[C@@H](C)O. The molecule has 0 heterocycles. The maximum absolute atomic E-state index is 10.8. The van der Waals surface area contributed by atoms with Crippen molar-refractivity contribution in [3.8, 4) is 0 Å². The van der Waals surface area contributed by atoms with E-state index in [4.69, 9.17) is 9.84 Å². The molecule has 0 aliphatic rings. The largest absolute Gasteiger partial charge is 0.463 e. The van der Waals surface area contributed by atoms with E-state index >= 15 is 0 Å². The molecule has 3 heteroatoms. The summed E-state index contributed by atoms with van der Waals surface area (Å²) in [4.78, 5) is 10.8. The van der Waals surface area contributed by atoms with E-state index in [2.05, 4.69) is 0 Å². The van der Waals surface area contributed by atoms with Crippen LogP contribution in [0.5, 0.6) is 0 Å². The molecule has 0 radical (unpaired) electrons. The molecule has 1 N–H and O–H groups in total. The van der Waals surface area contributed by atoms with Crippen LogP contribution >= 0.6 is 0 Å². The monoisotopic (exact) mass is 200 g/mol. The maximum Gasteiger partial charge on any atom is 0.330 e. The van der Waals surface area contributed by atoms with Gasteiger partial charge in [0.1, 0.15) is 0 Å². The second kappa shape index (κ2) is 8.75. The molecule has 0 unspecified atom stereocenters. The summed E-state index contributed by atoms with van der Waals surface area (Å²) in [6.45, 7) is 3.99. The Labute approximate surface area is 85.8 Å². The van der Waals surface area contributed by atoms with Gasteiger partial charge in [0.2, 0.25) is 0 Å². The van der Waals surface area contributed by atoms with Gasteiger partial charge in [-0.15, -0.1) is 0 Å². The third-order valence-electron chi connectivity index (χ3n) is 1.78. The Hall–Kier alpha value is -0.830. The number of esters is 1. The molecule has 82 valence electrons. The van der Waals surface area contributed by atoms with E-state index in [0.29, 0.717) is 6.61 Å². The molecule has 0 bridgehead atoms. The predicted molar refractivity (Wildman–Crippen MR) is 55.9 cm³/mol. The normalized spacial score (nSPS) is 13.1. The first kappa shape index (κ1) is 13.2. The third kappa shape index (κ3) is 9.26. The van der Waals surface area contributed by atoms with Crippen molar-refractivity contribution in [2.45, 2.75) is 45.6 Å². The number of unbranched alkanes of at least 4 members (excludes halogenated alkanes) is 2. The summed E-state index contributed by atoms with van der Waals surface area (Å²) in [6, 6.07) is 0. The van der Waals surface area contributed by atoms with Crippen LogP contribution in [0.25, 0.3) is 0 Å². The molecule has 0 amide bonds. The van der Waals surface area contributed by atoms with Crippen LogP contribution in [0.4, 0.5) is 0 Å². The summed E-state index contributed by atoms with van der Waals surface area (Å²) in [5, 5.41) is 8.97. The molecule has 0 aliphatic heterocycles. The Morgan fingerprint density at radius 2 is 2.21 bits per heavy atom. The minimum Gasteiger partial charge on any atom is -0.463 e. The van der Waals surface area contributed by atoms with Crippen LogP contribution in [0.2, 0.25) is 0 Å². The molecule has 0 rings (SSSR count). The number of carbonyl (C=O) groups is 1. The van der Waals surface area contributed by atoms with Gasteiger partial charge in [-0.05, 0) is 33.1 Å². The summed E-state index contributed by atoms with van der Waals surface area (Å²) in [5.74, 6) is -0.275. The zero-order valence-corrected chi connectivity index (χ0v) is 9.03. The fourth-order valence-electron chi connectivity index (χ4n) is 1.07. The highest BCUT2D eigenvalue weighted by molar-refractivity contribution is 5.81. The molecular formula is C11H20O3. The Morgan fingerprint density at radius 3 is 2.79 bits per heavy atom. The molecule has 0 fully saturated rings. The number of hydrogen-bond acceptors (Lipinski definition) is 3. The van der Waals surface area contributed by atoms with Crippen molar-refractivity contribution < 1.29 is 14.6 Å². The fourth-order valence-corrected chi connectivity index (χ4v) is 1.07. The van der Waals surface area contributed by atoms with E-state index < -0.39 is 0 Å². The molecule has 3 nitrogen and oxygen atoms in total. The second-order valence-corrected chi connectivity index (χ2v) is 3.29. The Kier molecular flexibility index (Phi) is 8.24. The Balaban J connectivity index is 3.30. The van der Waals surface area contributed by atoms with Gasteiger partial charge in [0.25, 0.3) is 0 Å². The van der Waals surface area contributed by atoms with Crippen LogP contribution in [-0.2, 0) is 9.53 Å². The van der Waals surface area contributed by atoms with Crippen molar-refractivity contribution in [3.63, 3.8) is 0 Å². The number of aliphatic hydroxyl groups is 1. The van der Waals surface area contributed by atoms with Crippen LogP contribution in [0.15, 0.2) is 12.2 Å². The van der Waals surface area contributed by atoms with Gasteiger partial charge in [0.05, 0.1) is 12.7 Å². The highest BCUT2D eigenvalue weighted by Gasteiger charge is 1.95. The number of aliphatic hydroxyl groups excluding tert-OH is 1. The van der Waals surface area contributed by atoms with E-state index in [1.165, 1.54) is 6.08 Å². The topological polar surface area (TPSA) is 46.5 Å². The molecule has 0 aromatic heterocycles. The molecule has 1 atom stereocenters. The van der Waals surface area contributed by atoms with Crippen LogP contribution < -0.4 is 0 Å². The summed E-state index contributed by atoms with van der Waals surface area (Å²) >= 11 is 0. The lowest BCUT2D eigenvalue weighted by Crippen LogP contribution is -1.99. The number of hydrogen-bond donors (Lipinski definition) is 1. The van der Waals surface area contributed by atoms with Crippen molar-refractivity contribution in [1.29, 1.82) is 0 Å². The first-order valence-electron chi connectivity index (χ1n) is 5.18. The average molecular weight is 200 g/mol. The van der Waals surface area contributed by atoms with Crippen molar-refractivity contribution in [3.05, 3.63) is 12.2 Å². The Bertz CT molecular complexity index is 173. The first-order chi connectivity index (χ1) is 6.66. The van der Waals surface area contributed by atoms with Gasteiger partial charge in [-0.3, -0.25) is 0 Å². The van der Waals surface area contributed by atoms with E-state index in [-0.39, 0.29) is 12.1 Å². The molecule has 0 aromatic carbocycles. The lowest BCUT2D eigenvalue weighted by molar-refractivity contribution is -0.137. The van der Waals surface area contributed by atoms with Gasteiger partial charge in [-0.1, -0.05) is 12.5 Å². The van der Waals surface area contributed by atoms with Crippen molar-refractivity contribution in [2.75, 3.05) is 6.61 Å². The molecule has 14 heavy (non-hydrogen) atoms. The molecule has 0 aliphatic carbocycles.